The van der Waals surface area contributed by atoms with E-state index in [1.807, 2.05) is 42.8 Å². The van der Waals surface area contributed by atoms with Crippen LogP contribution < -0.4 is 33.2 Å². The van der Waals surface area contributed by atoms with Crippen LogP contribution in [-0.4, -0.2) is 82.5 Å². The molecule has 2 aromatic carbocycles. The number of aliphatic imine (C=N–C) groups is 1. The van der Waals surface area contributed by atoms with Crippen molar-refractivity contribution in [2.45, 2.75) is 56.3 Å². The van der Waals surface area contributed by atoms with Gasteiger partial charge < -0.3 is 43.2 Å². The van der Waals surface area contributed by atoms with Crippen LogP contribution in [0.15, 0.2) is 65.8 Å². The average molecular weight is 639 g/mol. The van der Waals surface area contributed by atoms with Gasteiger partial charge in [0.05, 0.1) is 6.04 Å². The number of nitrogens with zero attached hydrogens (tertiary/aromatic N) is 1. The van der Waals surface area contributed by atoms with Gasteiger partial charge in [0.1, 0.15) is 18.1 Å². The Morgan fingerprint density at radius 2 is 1.51 bits per heavy atom. The molecule has 3 aromatic rings. The maximum atomic E-state index is 13.6. The number of benzene rings is 2. The maximum absolute atomic E-state index is 13.6. The molecule has 242 valence electrons. The monoisotopic (exact) mass is 638 g/mol. The lowest BCUT2D eigenvalue weighted by Crippen LogP contribution is -2.57. The van der Waals surface area contributed by atoms with Crippen molar-refractivity contribution in [1.29, 1.82) is 0 Å². The van der Waals surface area contributed by atoms with Crippen LogP contribution >= 0.6 is 11.8 Å². The van der Waals surface area contributed by atoms with Crippen LogP contribution in [-0.2, 0) is 32.0 Å². The number of aromatic nitrogens is 1. The number of nitrogens with one attached hydrogen (secondary N) is 4. The fourth-order valence-corrected chi connectivity index (χ4v) is 5.25. The van der Waals surface area contributed by atoms with Crippen LogP contribution in [0.1, 0.15) is 30.4 Å². The van der Waals surface area contributed by atoms with E-state index in [9.17, 15) is 24.3 Å². The van der Waals surface area contributed by atoms with Gasteiger partial charge in [0.15, 0.2) is 5.96 Å². The van der Waals surface area contributed by atoms with E-state index in [0.29, 0.717) is 18.6 Å². The number of para-hydroxylation sites is 1. The zero-order chi connectivity index (χ0) is 32.8. The second-order valence-electron chi connectivity index (χ2n) is 10.6. The molecule has 11 N–H and O–H groups in total. The summed E-state index contributed by atoms with van der Waals surface area (Å²) in [5, 5.41) is 18.7. The van der Waals surface area contributed by atoms with Crippen molar-refractivity contribution >= 4 is 52.3 Å². The van der Waals surface area contributed by atoms with Gasteiger partial charge in [-0.1, -0.05) is 48.5 Å². The van der Waals surface area contributed by atoms with Crippen molar-refractivity contribution < 1.29 is 24.3 Å². The highest BCUT2D eigenvalue weighted by Gasteiger charge is 2.30. The Morgan fingerprint density at radius 1 is 0.867 bits per heavy atom. The number of carbonyl (C=O) groups excluding carboxylic acids is 3. The third-order valence-corrected chi connectivity index (χ3v) is 7.81. The summed E-state index contributed by atoms with van der Waals surface area (Å²) in [7, 11) is 0. The van der Waals surface area contributed by atoms with Crippen molar-refractivity contribution in [2.24, 2.45) is 22.2 Å². The molecule has 3 rings (SSSR count). The van der Waals surface area contributed by atoms with Crippen LogP contribution in [0.3, 0.4) is 0 Å². The molecule has 0 aliphatic heterocycles. The van der Waals surface area contributed by atoms with E-state index in [1.54, 1.807) is 24.3 Å². The Balaban J connectivity index is 1.72. The maximum Gasteiger partial charge on any atom is 0.326 e. The third-order valence-electron chi connectivity index (χ3n) is 7.17. The predicted octanol–water partition coefficient (Wildman–Crippen LogP) is 0.626. The molecule has 3 amide bonds. The first-order valence-corrected chi connectivity index (χ1v) is 16.0. The van der Waals surface area contributed by atoms with Crippen LogP contribution in [0, 0.1) is 0 Å². The van der Waals surface area contributed by atoms with Crippen molar-refractivity contribution in [3.05, 3.63) is 71.9 Å². The number of hydrogen-bond donors (Lipinski definition) is 8. The van der Waals surface area contributed by atoms with Crippen molar-refractivity contribution in [1.82, 2.24) is 20.9 Å². The van der Waals surface area contributed by atoms with E-state index in [4.69, 9.17) is 17.2 Å². The molecule has 0 aliphatic carbocycles. The van der Waals surface area contributed by atoms with E-state index in [2.05, 4.69) is 25.9 Å². The van der Waals surface area contributed by atoms with Crippen LogP contribution in [0.5, 0.6) is 0 Å². The number of guanidine groups is 1. The standard InChI is InChI=1S/C31H42N8O5S/c1-45-15-13-24(37-27(40)22(32)17-20-18-36-23-11-6-5-10-21(20)23)28(41)39-26(16-19-8-3-2-4-9-19)29(42)38-25(30(43)44)12-7-14-35-31(33)34/h2-6,8-11,18,22,24-26,36H,7,12-17,32H2,1H3,(H,37,40)(H,38,42)(H,39,41)(H,43,44)(H4,33,34,35). The number of thioether (sulfide) groups is 1. The Kier molecular flexibility index (Phi) is 13.7. The molecule has 0 spiro atoms. The fourth-order valence-electron chi connectivity index (χ4n) is 4.78. The lowest BCUT2D eigenvalue weighted by Gasteiger charge is -2.25. The van der Waals surface area contributed by atoms with Gasteiger partial charge in [0, 0.05) is 30.1 Å². The number of carbonyl (C=O) groups is 4. The number of rotatable bonds is 18. The Bertz CT molecular complexity index is 1460. The van der Waals surface area contributed by atoms with Crippen LogP contribution in [0.25, 0.3) is 10.9 Å². The summed E-state index contributed by atoms with van der Waals surface area (Å²) in [6, 6.07) is 12.5. The summed E-state index contributed by atoms with van der Waals surface area (Å²) in [6.07, 6.45) is 4.73. The van der Waals surface area contributed by atoms with Crippen LogP contribution in [0.4, 0.5) is 0 Å². The minimum atomic E-state index is -1.23. The minimum Gasteiger partial charge on any atom is -0.480 e. The molecule has 0 saturated carbocycles. The lowest BCUT2D eigenvalue weighted by molar-refractivity contribution is -0.142. The molecule has 1 heterocycles. The SMILES string of the molecule is CSCCC(NC(=O)C(N)Cc1c[nH]c2ccccc12)C(=O)NC(Cc1ccccc1)C(=O)NC(CCCN=C(N)N)C(=O)O. The summed E-state index contributed by atoms with van der Waals surface area (Å²) < 4.78 is 0. The van der Waals surface area contributed by atoms with Gasteiger partial charge in [0.25, 0.3) is 0 Å². The van der Waals surface area contributed by atoms with Gasteiger partial charge >= 0.3 is 5.97 Å². The number of carboxylic acids is 1. The number of H-pyrrole nitrogens is 1. The molecule has 14 heteroatoms. The van der Waals surface area contributed by atoms with E-state index in [0.717, 1.165) is 22.0 Å². The largest absolute Gasteiger partial charge is 0.480 e. The van der Waals surface area contributed by atoms with Crippen molar-refractivity contribution in [3.8, 4) is 0 Å². The molecular weight excluding hydrogens is 596 g/mol. The van der Waals surface area contributed by atoms with Gasteiger partial charge in [-0.3, -0.25) is 19.4 Å². The number of nitrogens with two attached hydrogens (primary N) is 3. The molecular formula is C31H42N8O5S. The van der Waals surface area contributed by atoms with Gasteiger partial charge in [-0.15, -0.1) is 0 Å². The second kappa shape index (κ2) is 17.7. The summed E-state index contributed by atoms with van der Waals surface area (Å²) in [5.74, 6) is -2.54. The van der Waals surface area contributed by atoms with Gasteiger partial charge in [-0.05, 0) is 54.9 Å². The lowest BCUT2D eigenvalue weighted by atomic mass is 10.0. The molecule has 1 aromatic heterocycles. The van der Waals surface area contributed by atoms with Crippen molar-refractivity contribution in [3.63, 3.8) is 0 Å². The Hall–Kier alpha value is -4.56. The smallest absolute Gasteiger partial charge is 0.326 e. The molecule has 0 fully saturated rings. The van der Waals surface area contributed by atoms with Gasteiger partial charge in [-0.2, -0.15) is 11.8 Å². The number of aromatic amines is 1. The van der Waals surface area contributed by atoms with Gasteiger partial charge in [0.2, 0.25) is 17.7 Å². The number of carboxylic acid groups (broad SMARTS) is 1. The quantitative estimate of drug-likeness (QED) is 0.0554. The number of hydrogen-bond acceptors (Lipinski definition) is 7. The normalized spacial score (nSPS) is 13.6. The van der Waals surface area contributed by atoms with E-state index in [1.165, 1.54) is 11.8 Å². The minimum absolute atomic E-state index is 0.0740. The number of aliphatic carboxylic acids is 1. The van der Waals surface area contributed by atoms with Crippen molar-refractivity contribution in [2.75, 3.05) is 18.6 Å². The molecule has 0 aliphatic rings. The number of amides is 3. The fraction of sp³-hybridized carbons (Fsp3) is 0.387. The van der Waals surface area contributed by atoms with E-state index < -0.39 is 47.9 Å². The first-order valence-electron chi connectivity index (χ1n) is 14.6. The predicted molar refractivity (Wildman–Crippen MR) is 176 cm³/mol. The summed E-state index contributed by atoms with van der Waals surface area (Å²) in [4.78, 5) is 59.1. The topological polar surface area (TPSA) is 231 Å². The zero-order valence-corrected chi connectivity index (χ0v) is 26.0. The first kappa shape index (κ1) is 34.9. The Morgan fingerprint density at radius 3 is 2.20 bits per heavy atom. The van der Waals surface area contributed by atoms with E-state index >= 15 is 0 Å². The highest BCUT2D eigenvalue weighted by atomic mass is 32.2. The van der Waals surface area contributed by atoms with Crippen LogP contribution in [0.2, 0.25) is 0 Å². The Labute approximate surface area is 266 Å². The highest BCUT2D eigenvalue weighted by Crippen LogP contribution is 2.19. The summed E-state index contributed by atoms with van der Waals surface area (Å²) in [6.45, 7) is 0.200. The molecule has 0 saturated heterocycles. The van der Waals surface area contributed by atoms with Gasteiger partial charge in [-0.25, -0.2) is 4.79 Å². The zero-order valence-electron chi connectivity index (χ0n) is 25.2. The molecule has 45 heavy (non-hydrogen) atoms. The molecule has 0 bridgehead atoms. The second-order valence-corrected chi connectivity index (χ2v) is 11.6. The highest BCUT2D eigenvalue weighted by molar-refractivity contribution is 7.98. The average Bonchev–Trinajstić information content (AvgIpc) is 3.42. The molecule has 0 radical (unpaired) electrons. The first-order chi connectivity index (χ1) is 21.6. The molecule has 4 atom stereocenters. The van der Waals surface area contributed by atoms with E-state index in [-0.39, 0.29) is 31.8 Å². The number of fused-ring (bicyclic) bond motifs is 1. The third kappa shape index (κ3) is 11.1. The summed E-state index contributed by atoms with van der Waals surface area (Å²) >= 11 is 1.50. The summed E-state index contributed by atoms with van der Waals surface area (Å²) in [5.41, 5.74) is 19.5. The molecule has 13 nitrogen and oxygen atoms in total. The molecule has 4 unspecified atom stereocenters.